The molecule has 0 amide bonds. The first kappa shape index (κ1) is 16.0. The lowest BCUT2D eigenvalue weighted by atomic mass is 10.1. The molecule has 0 bridgehead atoms. The molecule has 7 nitrogen and oxygen atoms in total. The van der Waals surface area contributed by atoms with E-state index in [0.29, 0.717) is 11.2 Å². The number of aromatic nitrogens is 2. The first-order valence-corrected chi connectivity index (χ1v) is 7.23. The van der Waals surface area contributed by atoms with Gasteiger partial charge in [-0.1, -0.05) is 12.6 Å². The standard InChI is InChI=1S/C17H12N4O.CO2/c1-2-14-12-6-5-10(9-15(12)21-20-14)8-13-11-4-3-7-18-16(11)19-17(13)22;2-1-3/h2-9,22H,1H2,(H,18,19);. The van der Waals surface area contributed by atoms with Gasteiger partial charge in [0.2, 0.25) is 0 Å². The quantitative estimate of drug-likeness (QED) is 0.747. The Morgan fingerprint density at radius 2 is 2.00 bits per heavy atom. The van der Waals surface area contributed by atoms with Crippen LogP contribution in [0.5, 0.6) is 5.88 Å². The molecule has 0 radical (unpaired) electrons. The molecule has 3 aromatic rings. The van der Waals surface area contributed by atoms with Crippen molar-refractivity contribution in [1.82, 2.24) is 9.97 Å². The lowest BCUT2D eigenvalue weighted by molar-refractivity contribution is -0.191. The predicted molar refractivity (Wildman–Crippen MR) is 90.1 cm³/mol. The highest BCUT2D eigenvalue weighted by Gasteiger charge is 2.09. The van der Waals surface area contributed by atoms with Gasteiger partial charge in [-0.25, -0.2) is 4.98 Å². The summed E-state index contributed by atoms with van der Waals surface area (Å²) in [7, 11) is 0. The summed E-state index contributed by atoms with van der Waals surface area (Å²) in [6.07, 6.45) is 5.53. The van der Waals surface area contributed by atoms with E-state index in [9.17, 15) is 5.11 Å². The molecule has 0 aliphatic carbocycles. The molecule has 0 unspecified atom stereocenters. The minimum atomic E-state index is 0.106. The van der Waals surface area contributed by atoms with Crippen molar-refractivity contribution in [3.8, 4) is 5.88 Å². The Hall–Kier alpha value is -3.83. The van der Waals surface area contributed by atoms with Crippen LogP contribution in [0, 0.1) is 0 Å². The van der Waals surface area contributed by atoms with Crippen LogP contribution in [0.4, 0.5) is 5.69 Å². The van der Waals surface area contributed by atoms with Crippen molar-refractivity contribution < 1.29 is 14.7 Å². The van der Waals surface area contributed by atoms with Crippen molar-refractivity contribution >= 4 is 34.6 Å². The summed E-state index contributed by atoms with van der Waals surface area (Å²) < 4.78 is 0. The highest BCUT2D eigenvalue weighted by atomic mass is 16.3. The largest absolute Gasteiger partial charge is 0.494 e. The minimum absolute atomic E-state index is 0.106. The zero-order valence-electron chi connectivity index (χ0n) is 12.9. The lowest BCUT2D eigenvalue weighted by Crippen LogP contribution is -2.08. The van der Waals surface area contributed by atoms with Gasteiger partial charge in [-0.15, -0.1) is 10.2 Å². The fraction of sp³-hybridized carbons (Fsp3) is 0. The van der Waals surface area contributed by atoms with Crippen LogP contribution in [0.2, 0.25) is 0 Å². The van der Waals surface area contributed by atoms with E-state index in [1.807, 2.05) is 36.4 Å². The Kier molecular flexibility index (Phi) is 4.32. The van der Waals surface area contributed by atoms with E-state index in [1.165, 1.54) is 0 Å². The molecule has 0 fully saturated rings. The number of nitrogens with zero attached hydrogens (tertiary/aromatic N) is 3. The van der Waals surface area contributed by atoms with Gasteiger partial charge in [0, 0.05) is 22.4 Å². The number of hydrogen-bond acceptors (Lipinski definition) is 6. The second-order valence-corrected chi connectivity index (χ2v) is 5.08. The molecule has 25 heavy (non-hydrogen) atoms. The summed E-state index contributed by atoms with van der Waals surface area (Å²) in [5.41, 5.74) is 2.96. The average molecular weight is 332 g/mol. The predicted octanol–water partition coefficient (Wildman–Crippen LogP) is 1.91. The molecule has 0 saturated carbocycles. The smallest absolute Gasteiger partial charge is 0.373 e. The van der Waals surface area contributed by atoms with Gasteiger partial charge in [-0.2, -0.15) is 9.59 Å². The Morgan fingerprint density at radius 3 is 2.76 bits per heavy atom. The average Bonchev–Trinajstić information content (AvgIpc) is 3.16. The van der Waals surface area contributed by atoms with Crippen LogP contribution < -0.4 is 10.4 Å². The number of aromatic amines is 1. The van der Waals surface area contributed by atoms with Gasteiger partial charge in [0.05, 0.1) is 11.4 Å². The molecule has 3 heterocycles. The molecule has 0 atom stereocenters. The third kappa shape index (κ3) is 2.99. The van der Waals surface area contributed by atoms with E-state index in [2.05, 4.69) is 26.8 Å². The Bertz CT molecular complexity index is 1150. The Labute approximate surface area is 141 Å². The van der Waals surface area contributed by atoms with Gasteiger partial charge < -0.3 is 10.1 Å². The van der Waals surface area contributed by atoms with Crippen molar-refractivity contribution in [2.24, 2.45) is 10.2 Å². The van der Waals surface area contributed by atoms with E-state index >= 15 is 0 Å². The van der Waals surface area contributed by atoms with Gasteiger partial charge in [-0.3, -0.25) is 0 Å². The lowest BCUT2D eigenvalue weighted by Gasteiger charge is -1.94. The highest BCUT2D eigenvalue weighted by Crippen LogP contribution is 2.26. The number of rotatable bonds is 2. The van der Waals surface area contributed by atoms with E-state index < -0.39 is 0 Å². The van der Waals surface area contributed by atoms with Crippen LogP contribution in [0.3, 0.4) is 0 Å². The number of carbonyl (C=O) groups excluding carboxylic acids is 2. The Balaban J connectivity index is 0.000000569. The molecular weight excluding hydrogens is 320 g/mol. The van der Waals surface area contributed by atoms with Gasteiger partial charge >= 0.3 is 6.15 Å². The van der Waals surface area contributed by atoms with Gasteiger partial charge in [0.25, 0.3) is 0 Å². The maximum atomic E-state index is 10.1. The summed E-state index contributed by atoms with van der Waals surface area (Å²) in [5, 5.41) is 21.1. The zero-order valence-corrected chi connectivity index (χ0v) is 12.9. The molecule has 0 saturated heterocycles. The third-order valence-electron chi connectivity index (χ3n) is 3.66. The number of hydrogen-bond donors (Lipinski definition) is 2. The van der Waals surface area contributed by atoms with E-state index in [0.717, 1.165) is 27.2 Å². The van der Waals surface area contributed by atoms with Crippen molar-refractivity contribution in [2.75, 3.05) is 0 Å². The van der Waals surface area contributed by atoms with Crippen molar-refractivity contribution in [1.29, 1.82) is 0 Å². The summed E-state index contributed by atoms with van der Waals surface area (Å²) in [6, 6.07) is 9.62. The van der Waals surface area contributed by atoms with Crippen molar-refractivity contribution in [2.45, 2.75) is 0 Å². The van der Waals surface area contributed by atoms with Crippen LogP contribution in [0.25, 0.3) is 22.8 Å². The van der Waals surface area contributed by atoms with E-state index in [4.69, 9.17) is 9.59 Å². The number of fused-ring (bicyclic) bond motifs is 2. The van der Waals surface area contributed by atoms with Crippen LogP contribution in [0.15, 0.2) is 59.4 Å². The normalized spacial score (nSPS) is 12.5. The van der Waals surface area contributed by atoms with E-state index in [-0.39, 0.29) is 12.0 Å². The number of aromatic hydroxyl groups is 1. The first-order chi connectivity index (χ1) is 12.2. The molecule has 1 aliphatic rings. The SMILES string of the molecule is C=CC1=c2ccc(=Cc3c(O)[nH]c4ncccc34)cc2N=N1.O=C=O. The van der Waals surface area contributed by atoms with Crippen LogP contribution in [-0.4, -0.2) is 21.2 Å². The van der Waals surface area contributed by atoms with Gasteiger partial charge in [-0.05, 0) is 41.6 Å². The number of benzene rings is 1. The molecule has 2 aromatic heterocycles. The summed E-state index contributed by atoms with van der Waals surface area (Å²) in [6.45, 7) is 3.73. The zero-order chi connectivity index (χ0) is 17.8. The molecule has 0 spiro atoms. The van der Waals surface area contributed by atoms with Crippen LogP contribution in [-0.2, 0) is 9.59 Å². The fourth-order valence-corrected chi connectivity index (χ4v) is 2.59. The highest BCUT2D eigenvalue weighted by molar-refractivity contribution is 5.89. The van der Waals surface area contributed by atoms with Crippen LogP contribution >= 0.6 is 0 Å². The van der Waals surface area contributed by atoms with Gasteiger partial charge in [0.15, 0.2) is 5.88 Å². The number of nitrogens with one attached hydrogen (secondary N) is 1. The maximum Gasteiger partial charge on any atom is 0.373 e. The second kappa shape index (κ2) is 6.74. The summed E-state index contributed by atoms with van der Waals surface area (Å²) in [5.74, 6) is 0.106. The van der Waals surface area contributed by atoms with Crippen molar-refractivity contribution in [3.05, 3.63) is 65.2 Å². The molecule has 2 N–H and O–H groups in total. The Morgan fingerprint density at radius 1 is 1.20 bits per heavy atom. The van der Waals surface area contributed by atoms with Crippen LogP contribution in [0.1, 0.15) is 5.56 Å². The molecule has 1 aromatic carbocycles. The molecule has 122 valence electrons. The number of H-pyrrole nitrogens is 1. The van der Waals surface area contributed by atoms with Crippen molar-refractivity contribution in [3.63, 3.8) is 0 Å². The summed E-state index contributed by atoms with van der Waals surface area (Å²) >= 11 is 0. The summed E-state index contributed by atoms with van der Waals surface area (Å²) in [4.78, 5) is 23.3. The van der Waals surface area contributed by atoms with Gasteiger partial charge in [0.1, 0.15) is 5.65 Å². The first-order valence-electron chi connectivity index (χ1n) is 7.23. The monoisotopic (exact) mass is 332 g/mol. The molecular formula is C18H12N4O3. The molecule has 1 aliphatic heterocycles. The third-order valence-corrected chi connectivity index (χ3v) is 3.66. The molecule has 7 heteroatoms. The molecule has 4 rings (SSSR count). The second-order valence-electron chi connectivity index (χ2n) is 5.08. The fourth-order valence-electron chi connectivity index (χ4n) is 2.59. The number of pyridine rings is 1. The van der Waals surface area contributed by atoms with E-state index in [1.54, 1.807) is 12.3 Å². The maximum absolute atomic E-state index is 10.1. The minimum Gasteiger partial charge on any atom is -0.494 e. The topological polar surface area (TPSA) is 108 Å². The number of azo groups is 1.